The zero-order chi connectivity index (χ0) is 46.8. The average molecular weight is 944 g/mol. The van der Waals surface area contributed by atoms with E-state index in [-0.39, 0.29) is 27.9 Å². The van der Waals surface area contributed by atoms with Gasteiger partial charge in [-0.05, 0) is 169 Å². The highest BCUT2D eigenvalue weighted by molar-refractivity contribution is 7.90. The smallest absolute Gasteiger partial charge is 0.309 e. The number of thiazole rings is 1. The Balaban J connectivity index is 0.906. The molecule has 0 radical (unpaired) electrons. The Bertz CT molecular complexity index is 2900. The van der Waals surface area contributed by atoms with Gasteiger partial charge in [0.1, 0.15) is 27.5 Å². The third-order valence-electron chi connectivity index (χ3n) is 14.2. The number of carbonyl (C=O) groups is 2. The maximum atomic E-state index is 14.5. The van der Waals surface area contributed by atoms with Gasteiger partial charge in [-0.25, -0.2) is 28.1 Å². The lowest BCUT2D eigenvalue weighted by Gasteiger charge is -2.56. The van der Waals surface area contributed by atoms with Gasteiger partial charge in [0.25, 0.3) is 15.9 Å². The summed E-state index contributed by atoms with van der Waals surface area (Å²) in [5.41, 5.74) is 4.09. The molecular formula is C49H57N11O5S2. The van der Waals surface area contributed by atoms with Crippen molar-refractivity contribution in [3.8, 4) is 11.1 Å². The molecule has 5 aromatic heterocycles. The maximum Gasteiger partial charge on any atom is 0.309 e. The van der Waals surface area contributed by atoms with Crippen molar-refractivity contribution in [2.75, 3.05) is 35.3 Å². The molecule has 16 nitrogen and oxygen atoms in total. The lowest BCUT2D eigenvalue weighted by atomic mass is 9.49. The second-order valence-corrected chi connectivity index (χ2v) is 22.9. The maximum absolute atomic E-state index is 14.5. The Morgan fingerprint density at radius 1 is 0.910 bits per heavy atom. The largest absolute Gasteiger partial charge is 0.460 e. The van der Waals surface area contributed by atoms with Gasteiger partial charge in [-0.1, -0.05) is 11.3 Å². The second kappa shape index (κ2) is 17.3. The quantitative estimate of drug-likeness (QED) is 0.111. The van der Waals surface area contributed by atoms with Crippen LogP contribution in [-0.2, 0) is 26.1 Å². The van der Waals surface area contributed by atoms with Crippen molar-refractivity contribution >= 4 is 71.9 Å². The highest BCUT2D eigenvalue weighted by Gasteiger charge is 2.51. The molecule has 4 saturated carbocycles. The van der Waals surface area contributed by atoms with Gasteiger partial charge in [-0.3, -0.25) is 14.3 Å². The van der Waals surface area contributed by atoms with Gasteiger partial charge in [0, 0.05) is 55.4 Å². The third kappa shape index (κ3) is 9.21. The van der Waals surface area contributed by atoms with Gasteiger partial charge in [-0.15, -0.1) is 10.2 Å². The number of carbonyl (C=O) groups excluding carboxylic acids is 2. The van der Waals surface area contributed by atoms with Crippen molar-refractivity contribution in [1.29, 1.82) is 0 Å². The Morgan fingerprint density at radius 2 is 1.61 bits per heavy atom. The molecule has 18 heteroatoms. The molecule has 6 heterocycles. The van der Waals surface area contributed by atoms with Gasteiger partial charge < -0.3 is 19.9 Å². The molecule has 5 fully saturated rings. The van der Waals surface area contributed by atoms with E-state index < -0.39 is 21.5 Å². The van der Waals surface area contributed by atoms with Crippen LogP contribution in [0.5, 0.6) is 0 Å². The molecule has 350 valence electrons. The molecule has 4 bridgehead atoms. The van der Waals surface area contributed by atoms with Crippen molar-refractivity contribution in [2.45, 2.75) is 103 Å². The third-order valence-corrected chi connectivity index (χ3v) is 16.4. The number of hydrogen-bond donors (Lipinski definition) is 2. The minimum absolute atomic E-state index is 0.0656. The molecule has 1 amide bonds. The summed E-state index contributed by atoms with van der Waals surface area (Å²) >= 11 is 1.42. The fourth-order valence-corrected chi connectivity index (χ4v) is 13.1. The number of pyridine rings is 2. The first kappa shape index (κ1) is 44.8. The molecule has 2 N–H and O–H groups in total. The van der Waals surface area contributed by atoms with E-state index in [4.69, 9.17) is 14.8 Å². The molecule has 67 heavy (non-hydrogen) atoms. The Labute approximate surface area is 395 Å². The van der Waals surface area contributed by atoms with Gasteiger partial charge in [-0.2, -0.15) is 5.10 Å². The Kier molecular flexibility index (Phi) is 11.5. The standard InChI is InChI=1S/C49H57N11O5S2/c1-29-20-41(55-56-43(29)54-47-52-39-8-7-17-50-45(39)66-47)58(6)40-14-13-37(38-27-51-60(30(38)2)28-49-24-31-21-32(25-49)23-33(22-31)26-49)42(53-40)44(61)57-67(63,64)36-11-9-35(10-12-36)59-18-15-34(16-19-59)46(62)65-48(3,4)5/h7-14,17,20,27,31-34H,15-16,18-19,21-26,28H2,1-6H3,(H,57,61)(H,52,54,56). The highest BCUT2D eigenvalue weighted by atomic mass is 32.2. The van der Waals surface area contributed by atoms with Crippen LogP contribution in [0.4, 0.5) is 28.3 Å². The number of fused-ring (bicyclic) bond motifs is 1. The Hall–Kier alpha value is -6.01. The number of aromatic nitrogens is 7. The normalized spacial score (nSPS) is 21.7. The summed E-state index contributed by atoms with van der Waals surface area (Å²) in [4.78, 5) is 45.6. The zero-order valence-electron chi connectivity index (χ0n) is 38.8. The molecule has 1 aliphatic heterocycles. The molecule has 5 aliphatic rings. The highest BCUT2D eigenvalue weighted by Crippen LogP contribution is 2.60. The van der Waals surface area contributed by atoms with E-state index in [1.54, 1.807) is 48.6 Å². The molecule has 1 saturated heterocycles. The first-order chi connectivity index (χ1) is 32.0. The van der Waals surface area contributed by atoms with Gasteiger partial charge in [0.15, 0.2) is 16.8 Å². The molecule has 0 spiro atoms. The van der Waals surface area contributed by atoms with Crippen LogP contribution in [0, 0.1) is 42.9 Å². The van der Waals surface area contributed by atoms with Crippen LogP contribution in [-0.4, -0.2) is 81.0 Å². The van der Waals surface area contributed by atoms with E-state index >= 15 is 0 Å². The van der Waals surface area contributed by atoms with E-state index in [1.165, 1.54) is 62.0 Å². The number of nitrogens with zero attached hydrogens (tertiary/aromatic N) is 9. The topological polar surface area (TPSA) is 190 Å². The second-order valence-electron chi connectivity index (χ2n) is 20.3. The minimum atomic E-state index is -4.35. The van der Waals surface area contributed by atoms with Crippen molar-refractivity contribution in [3.63, 3.8) is 0 Å². The van der Waals surface area contributed by atoms with E-state index in [2.05, 4.69) is 39.8 Å². The molecule has 4 aliphatic carbocycles. The number of anilines is 5. The molecule has 0 atom stereocenters. The SMILES string of the molecule is Cc1cc(N(C)c2ccc(-c3cnn(CC45CC6CC(CC(C6)C4)C5)c3C)c(C(=O)NS(=O)(=O)c3ccc(N4CCC(C(=O)OC(C)(C)C)CC4)cc3)n2)nnc1Nc1nc2cccnc2s1. The first-order valence-electron chi connectivity index (χ1n) is 23.2. The number of hydrogen-bond acceptors (Lipinski definition) is 15. The summed E-state index contributed by atoms with van der Waals surface area (Å²) in [6.45, 7) is 11.6. The fraction of sp³-hybridized carbons (Fsp3) is 0.469. The van der Waals surface area contributed by atoms with Gasteiger partial charge >= 0.3 is 5.97 Å². The van der Waals surface area contributed by atoms with Crippen molar-refractivity contribution in [2.24, 2.45) is 29.1 Å². The molecule has 11 rings (SSSR count). The summed E-state index contributed by atoms with van der Waals surface area (Å²) < 4.78 is 38.1. The number of aryl methyl sites for hydroxylation is 1. The number of rotatable bonds is 12. The van der Waals surface area contributed by atoms with E-state index in [1.807, 2.05) is 52.8 Å². The molecule has 0 unspecified atom stereocenters. The number of esters is 1. The van der Waals surface area contributed by atoms with Crippen LogP contribution >= 0.6 is 11.3 Å². The minimum Gasteiger partial charge on any atom is -0.460 e. The molecule has 1 aromatic carbocycles. The predicted molar refractivity (Wildman–Crippen MR) is 258 cm³/mol. The van der Waals surface area contributed by atoms with Crippen LogP contribution in [0.2, 0.25) is 0 Å². The average Bonchev–Trinajstić information content (AvgIpc) is 3.87. The van der Waals surface area contributed by atoms with Gasteiger partial charge in [0.05, 0.1) is 17.0 Å². The monoisotopic (exact) mass is 943 g/mol. The Morgan fingerprint density at radius 3 is 2.27 bits per heavy atom. The van der Waals surface area contributed by atoms with Crippen LogP contribution < -0.4 is 19.8 Å². The lowest BCUT2D eigenvalue weighted by Crippen LogP contribution is -2.48. The van der Waals surface area contributed by atoms with Crippen molar-refractivity contribution in [3.05, 3.63) is 83.9 Å². The number of amides is 1. The first-order valence-corrected chi connectivity index (χ1v) is 25.5. The molecular weight excluding hydrogens is 887 g/mol. The van der Waals surface area contributed by atoms with Crippen molar-refractivity contribution in [1.82, 2.24) is 39.7 Å². The van der Waals surface area contributed by atoms with E-state index in [9.17, 15) is 18.0 Å². The number of nitrogens with one attached hydrogen (secondary N) is 2. The lowest BCUT2D eigenvalue weighted by molar-refractivity contribution is -0.160. The number of sulfonamides is 1. The number of benzene rings is 1. The summed E-state index contributed by atoms with van der Waals surface area (Å²) in [7, 11) is -2.58. The summed E-state index contributed by atoms with van der Waals surface area (Å²) in [6, 6.07) is 15.6. The molecule has 6 aromatic rings. The zero-order valence-corrected chi connectivity index (χ0v) is 40.5. The van der Waals surface area contributed by atoms with E-state index in [0.717, 1.165) is 51.6 Å². The fourth-order valence-electron chi connectivity index (χ4n) is 11.3. The van der Waals surface area contributed by atoms with Crippen LogP contribution in [0.15, 0.2) is 71.9 Å². The van der Waals surface area contributed by atoms with Gasteiger partial charge in [0.2, 0.25) is 0 Å². The van der Waals surface area contributed by atoms with Crippen LogP contribution in [0.1, 0.15) is 93.9 Å². The van der Waals surface area contributed by atoms with Crippen molar-refractivity contribution < 1.29 is 22.7 Å². The van der Waals surface area contributed by atoms with Crippen LogP contribution in [0.25, 0.3) is 21.5 Å². The predicted octanol–water partition coefficient (Wildman–Crippen LogP) is 8.76. The summed E-state index contributed by atoms with van der Waals surface area (Å²) in [6.07, 6.45) is 12.5. The van der Waals surface area contributed by atoms with Crippen LogP contribution in [0.3, 0.4) is 0 Å². The number of piperidine rings is 1. The number of ether oxygens (including phenoxy) is 1. The van der Waals surface area contributed by atoms with E-state index in [0.29, 0.717) is 59.6 Å². The summed E-state index contributed by atoms with van der Waals surface area (Å²) in [5.74, 6) is 2.48. The summed E-state index contributed by atoms with van der Waals surface area (Å²) in [5, 5.41) is 17.8.